The highest BCUT2D eigenvalue weighted by Crippen LogP contribution is 2.39. The zero-order valence-electron chi connectivity index (χ0n) is 28.3. The molecule has 0 amide bonds. The molecule has 48 heavy (non-hydrogen) atoms. The van der Waals surface area contributed by atoms with Crippen LogP contribution in [0.2, 0.25) is 5.02 Å². The number of ether oxygens (including phenoxy) is 1. The van der Waals surface area contributed by atoms with Crippen molar-refractivity contribution in [2.45, 2.75) is 78.6 Å². The lowest BCUT2D eigenvalue weighted by Gasteiger charge is -2.12. The van der Waals surface area contributed by atoms with E-state index in [-0.39, 0.29) is 17.4 Å². The maximum atomic E-state index is 11.0. The number of rotatable bonds is 21. The van der Waals surface area contributed by atoms with Gasteiger partial charge in [0.2, 0.25) is 11.6 Å². The molecule has 10 nitrogen and oxygen atoms in total. The minimum Gasteiger partial charge on any atom is -0.491 e. The van der Waals surface area contributed by atoms with E-state index >= 15 is 0 Å². The number of hydroxylamine groups is 1. The number of unbranched alkanes of at least 4 members (excludes halogenated alkanes) is 5. The zero-order valence-corrected chi connectivity index (χ0v) is 29.1. The normalized spacial score (nSPS) is 11.8. The summed E-state index contributed by atoms with van der Waals surface area (Å²) in [5, 5.41) is 33.1. The molecule has 3 aromatic carbocycles. The quantitative estimate of drug-likeness (QED) is 0.0518. The molecule has 1 heterocycles. The lowest BCUT2D eigenvalue weighted by molar-refractivity contribution is 0.0989. The van der Waals surface area contributed by atoms with Gasteiger partial charge in [0.15, 0.2) is 0 Å². The van der Waals surface area contributed by atoms with Crippen LogP contribution in [-0.4, -0.2) is 34.6 Å². The molecule has 4 aromatic rings. The number of benzene rings is 3. The molecular formula is C37H48ClN7O3. The van der Waals surface area contributed by atoms with Gasteiger partial charge in [0.25, 0.3) is 5.88 Å². The van der Waals surface area contributed by atoms with Crippen LogP contribution in [0.25, 0.3) is 5.69 Å². The summed E-state index contributed by atoms with van der Waals surface area (Å²) in [6.07, 6.45) is 10.2. The first-order valence-corrected chi connectivity index (χ1v) is 17.5. The summed E-state index contributed by atoms with van der Waals surface area (Å²) in [6, 6.07) is 22.3. The van der Waals surface area contributed by atoms with Gasteiger partial charge in [-0.2, -0.15) is 20.4 Å². The van der Waals surface area contributed by atoms with E-state index in [1.807, 2.05) is 54.6 Å². The standard InChI is InChI=1S/C37H48ClN7O3/c1-4-7-8-9-10-14-24-39-48-36-35(37(46)45(44-36)32-15-12-11-13-16-32)43-41-31-21-22-34(33(38)26-31)42-40-30-19-17-29(18-20-30)23-25-47-27-28(5-2)6-3/h11-13,15-22,26,28,39,46H,4-10,14,23-25,27H2,1-3H3/b42-40+,43-41+. The number of aromatic hydroxyl groups is 1. The number of hydrogen-bond donors (Lipinski definition) is 2. The molecular weight excluding hydrogens is 626 g/mol. The van der Waals surface area contributed by atoms with Gasteiger partial charge in [0.05, 0.1) is 28.7 Å². The highest BCUT2D eigenvalue weighted by molar-refractivity contribution is 6.33. The summed E-state index contributed by atoms with van der Waals surface area (Å²) in [5.74, 6) is 0.547. The van der Waals surface area contributed by atoms with E-state index in [0.717, 1.165) is 44.4 Å². The van der Waals surface area contributed by atoms with Crippen molar-refractivity contribution in [2.75, 3.05) is 19.8 Å². The van der Waals surface area contributed by atoms with Gasteiger partial charge in [-0.25, -0.2) is 0 Å². The van der Waals surface area contributed by atoms with Gasteiger partial charge >= 0.3 is 0 Å². The van der Waals surface area contributed by atoms with Crippen molar-refractivity contribution in [1.29, 1.82) is 0 Å². The minimum atomic E-state index is -0.196. The Morgan fingerprint density at radius 3 is 2.27 bits per heavy atom. The number of hydrogen-bond acceptors (Lipinski definition) is 9. The molecule has 0 unspecified atom stereocenters. The second-order valence-corrected chi connectivity index (χ2v) is 12.1. The Morgan fingerprint density at radius 2 is 1.54 bits per heavy atom. The third kappa shape index (κ3) is 11.5. The predicted molar refractivity (Wildman–Crippen MR) is 192 cm³/mol. The van der Waals surface area contributed by atoms with Crippen LogP contribution in [0.5, 0.6) is 11.8 Å². The molecule has 1 aromatic heterocycles. The van der Waals surface area contributed by atoms with Gasteiger partial charge in [0, 0.05) is 13.2 Å². The van der Waals surface area contributed by atoms with Gasteiger partial charge in [-0.3, -0.25) is 0 Å². The molecule has 0 atom stereocenters. The Balaban J connectivity index is 1.37. The van der Waals surface area contributed by atoms with E-state index in [9.17, 15) is 5.11 Å². The predicted octanol–water partition coefficient (Wildman–Crippen LogP) is 11.3. The number of aromatic nitrogens is 2. The summed E-state index contributed by atoms with van der Waals surface area (Å²) < 4.78 is 7.22. The molecule has 256 valence electrons. The van der Waals surface area contributed by atoms with E-state index in [4.69, 9.17) is 21.2 Å². The Hall–Kier alpha value is -4.12. The minimum absolute atomic E-state index is 0.0929. The molecule has 0 saturated heterocycles. The van der Waals surface area contributed by atoms with Gasteiger partial charge < -0.3 is 14.7 Å². The fraction of sp³-hybridized carbons (Fsp3) is 0.432. The smallest absolute Gasteiger partial charge is 0.288 e. The molecule has 0 fully saturated rings. The average molecular weight is 674 g/mol. The Bertz CT molecular complexity index is 1570. The van der Waals surface area contributed by atoms with Gasteiger partial charge in [-0.05, 0) is 66.8 Å². The SMILES string of the molecule is CCCCCCCCNOc1nn(-c2ccccc2)c(O)c1/N=N/c1ccc(/N=N/c2ccc(CCOCC(CC)CC)cc2)c(Cl)c1. The molecule has 0 saturated carbocycles. The van der Waals surface area contributed by atoms with Crippen LogP contribution < -0.4 is 10.3 Å². The van der Waals surface area contributed by atoms with Crippen LogP contribution in [0.3, 0.4) is 0 Å². The van der Waals surface area contributed by atoms with Crippen molar-refractivity contribution < 1.29 is 14.7 Å². The maximum absolute atomic E-state index is 11.0. The first-order valence-electron chi connectivity index (χ1n) is 17.1. The average Bonchev–Trinajstić information content (AvgIpc) is 3.43. The summed E-state index contributed by atoms with van der Waals surface area (Å²) in [6.45, 7) is 8.78. The van der Waals surface area contributed by atoms with Crippen molar-refractivity contribution >= 4 is 34.4 Å². The number of azo groups is 2. The molecule has 0 spiro atoms. The lowest BCUT2D eigenvalue weighted by atomic mass is 10.1. The molecule has 4 rings (SSSR count). The van der Waals surface area contributed by atoms with E-state index in [1.54, 1.807) is 18.2 Å². The van der Waals surface area contributed by atoms with Gasteiger partial charge in [-0.1, -0.05) is 108 Å². The Labute approximate surface area is 289 Å². The van der Waals surface area contributed by atoms with Crippen LogP contribution in [0.1, 0.15) is 77.7 Å². The molecule has 11 heteroatoms. The summed E-state index contributed by atoms with van der Waals surface area (Å²) in [5.41, 5.74) is 6.58. The van der Waals surface area contributed by atoms with Crippen molar-refractivity contribution in [3.63, 3.8) is 0 Å². The largest absolute Gasteiger partial charge is 0.491 e. The molecule has 0 bridgehead atoms. The van der Waals surface area contributed by atoms with Gasteiger partial charge in [0.1, 0.15) is 5.69 Å². The first-order chi connectivity index (χ1) is 23.5. The van der Waals surface area contributed by atoms with Gasteiger partial charge in [-0.15, -0.1) is 15.3 Å². The van der Waals surface area contributed by atoms with Crippen LogP contribution >= 0.6 is 11.6 Å². The first kappa shape index (κ1) is 36.7. The van der Waals surface area contributed by atoms with E-state index in [2.05, 4.69) is 51.8 Å². The monoisotopic (exact) mass is 673 g/mol. The second kappa shape index (κ2) is 20.3. The fourth-order valence-electron chi connectivity index (χ4n) is 4.94. The molecule has 2 N–H and O–H groups in total. The van der Waals surface area contributed by atoms with Crippen LogP contribution in [0, 0.1) is 5.92 Å². The van der Waals surface area contributed by atoms with E-state index in [0.29, 0.717) is 41.2 Å². The number of nitrogens with zero attached hydrogens (tertiary/aromatic N) is 6. The number of nitrogens with one attached hydrogen (secondary N) is 1. The highest BCUT2D eigenvalue weighted by atomic mass is 35.5. The second-order valence-electron chi connectivity index (χ2n) is 11.7. The maximum Gasteiger partial charge on any atom is 0.288 e. The Morgan fingerprint density at radius 1 is 0.833 bits per heavy atom. The molecule has 0 aliphatic heterocycles. The molecule has 0 aliphatic carbocycles. The summed E-state index contributed by atoms with van der Waals surface area (Å²) in [7, 11) is 0. The summed E-state index contributed by atoms with van der Waals surface area (Å²) >= 11 is 6.53. The van der Waals surface area contributed by atoms with Crippen molar-refractivity contribution in [3.05, 3.63) is 83.4 Å². The molecule has 0 radical (unpaired) electrons. The van der Waals surface area contributed by atoms with Crippen LogP contribution in [0.15, 0.2) is 93.3 Å². The summed E-state index contributed by atoms with van der Waals surface area (Å²) in [4.78, 5) is 5.75. The van der Waals surface area contributed by atoms with Crippen molar-refractivity contribution in [2.24, 2.45) is 26.4 Å². The fourth-order valence-corrected chi connectivity index (χ4v) is 5.15. The Kier molecular flexibility index (Phi) is 15.5. The van der Waals surface area contributed by atoms with E-state index in [1.165, 1.54) is 35.9 Å². The van der Waals surface area contributed by atoms with Crippen molar-refractivity contribution in [3.8, 4) is 17.4 Å². The zero-order chi connectivity index (χ0) is 34.0. The number of halogens is 1. The van der Waals surface area contributed by atoms with Crippen LogP contribution in [-0.2, 0) is 11.2 Å². The highest BCUT2D eigenvalue weighted by Gasteiger charge is 2.21. The lowest BCUT2D eigenvalue weighted by Crippen LogP contribution is -2.20. The van der Waals surface area contributed by atoms with E-state index < -0.39 is 0 Å². The number of para-hydroxylation sites is 1. The topological polar surface area (TPSA) is 118 Å². The molecule has 0 aliphatic rings. The van der Waals surface area contributed by atoms with Crippen molar-refractivity contribution in [1.82, 2.24) is 15.3 Å². The third-order valence-corrected chi connectivity index (χ3v) is 8.36. The third-order valence-electron chi connectivity index (χ3n) is 8.06. The van der Waals surface area contributed by atoms with Crippen LogP contribution in [0.4, 0.5) is 22.7 Å².